The molecule has 1 atom stereocenters. The number of halogens is 2. The van der Waals surface area contributed by atoms with Gasteiger partial charge in [0, 0.05) is 42.3 Å². The molecule has 0 saturated carbocycles. The maximum Gasteiger partial charge on any atom is 0.408 e. The van der Waals surface area contributed by atoms with Crippen molar-refractivity contribution in [2.75, 3.05) is 24.2 Å². The van der Waals surface area contributed by atoms with Gasteiger partial charge in [0.15, 0.2) is 4.34 Å². The molecule has 49 heavy (non-hydrogen) atoms. The number of hydrogen-bond acceptors (Lipinski definition) is 8. The summed E-state index contributed by atoms with van der Waals surface area (Å²) < 4.78 is 6.18. The summed E-state index contributed by atoms with van der Waals surface area (Å²) in [4.78, 5) is 45.8. The first-order valence-electron chi connectivity index (χ1n) is 15.9. The molecule has 0 aliphatic carbocycles. The number of benzene rings is 3. The summed E-state index contributed by atoms with van der Waals surface area (Å²) in [5.41, 5.74) is 3.14. The van der Waals surface area contributed by atoms with Crippen molar-refractivity contribution < 1.29 is 19.1 Å². The van der Waals surface area contributed by atoms with Crippen LogP contribution in [0.3, 0.4) is 0 Å². The summed E-state index contributed by atoms with van der Waals surface area (Å²) >= 11 is 15.1. The van der Waals surface area contributed by atoms with Crippen LogP contribution in [0.25, 0.3) is 11.3 Å². The smallest absolute Gasteiger partial charge is 0.408 e. The fourth-order valence-electron chi connectivity index (χ4n) is 5.33. The molecule has 4 aromatic rings. The van der Waals surface area contributed by atoms with Crippen molar-refractivity contribution >= 4 is 69.9 Å². The Labute approximate surface area is 305 Å². The highest BCUT2D eigenvalue weighted by atomic mass is 35.5. The number of nitrogens with one attached hydrogen (secondary N) is 3. The molecule has 258 valence electrons. The molecule has 9 nitrogen and oxygen atoms in total. The molecule has 3 N–H and O–H groups in total. The van der Waals surface area contributed by atoms with E-state index in [9.17, 15) is 14.4 Å². The number of aromatic nitrogens is 1. The number of anilines is 1. The molecule has 2 heterocycles. The monoisotopic (exact) mass is 739 g/mol. The molecular weight excluding hydrogens is 701 g/mol. The summed E-state index contributed by atoms with van der Waals surface area (Å²) in [6.45, 7) is 7.87. The van der Waals surface area contributed by atoms with Gasteiger partial charge in [-0.15, -0.1) is 11.3 Å². The van der Waals surface area contributed by atoms with Crippen LogP contribution in [0.1, 0.15) is 50.8 Å². The zero-order valence-electron chi connectivity index (χ0n) is 27.5. The molecule has 0 spiro atoms. The topological polar surface area (TPSA) is 113 Å². The first-order valence-corrected chi connectivity index (χ1v) is 18.5. The minimum atomic E-state index is -0.963. The number of carbonyl (C=O) groups is 3. The molecular formula is C36H39Cl2N5O4S2. The second kappa shape index (κ2) is 16.9. The van der Waals surface area contributed by atoms with E-state index in [-0.39, 0.29) is 17.7 Å². The molecule has 0 bridgehead atoms. The number of ether oxygens (including phenoxy) is 1. The van der Waals surface area contributed by atoms with E-state index in [1.165, 1.54) is 23.1 Å². The fourth-order valence-corrected chi connectivity index (χ4v) is 7.29. The lowest BCUT2D eigenvalue weighted by Crippen LogP contribution is -2.44. The Morgan fingerprint density at radius 1 is 1.00 bits per heavy atom. The lowest BCUT2D eigenvalue weighted by atomic mass is 10.0. The van der Waals surface area contributed by atoms with Crippen LogP contribution >= 0.6 is 46.3 Å². The van der Waals surface area contributed by atoms with Gasteiger partial charge >= 0.3 is 6.09 Å². The number of piperidine rings is 1. The summed E-state index contributed by atoms with van der Waals surface area (Å²) in [5.74, 6) is -0.146. The Balaban J connectivity index is 1.11. The fraction of sp³-hybridized carbons (Fsp3) is 0.333. The Morgan fingerprint density at radius 3 is 2.47 bits per heavy atom. The highest BCUT2D eigenvalue weighted by Crippen LogP contribution is 2.30. The molecule has 5 rings (SSSR count). The van der Waals surface area contributed by atoms with Crippen LogP contribution < -0.4 is 16.0 Å². The van der Waals surface area contributed by atoms with E-state index in [0.717, 1.165) is 53.6 Å². The maximum atomic E-state index is 13.4. The lowest BCUT2D eigenvalue weighted by molar-refractivity contribution is -0.119. The van der Waals surface area contributed by atoms with Gasteiger partial charge in [-0.3, -0.25) is 14.5 Å². The van der Waals surface area contributed by atoms with E-state index >= 15 is 0 Å². The van der Waals surface area contributed by atoms with Gasteiger partial charge in [-0.2, -0.15) is 0 Å². The van der Waals surface area contributed by atoms with E-state index in [2.05, 4.69) is 20.9 Å². The Kier molecular flexibility index (Phi) is 12.6. The van der Waals surface area contributed by atoms with Crippen molar-refractivity contribution in [3.05, 3.63) is 99.3 Å². The van der Waals surface area contributed by atoms with Crippen molar-refractivity contribution in [1.29, 1.82) is 0 Å². The average molecular weight is 741 g/mol. The predicted molar refractivity (Wildman–Crippen MR) is 198 cm³/mol. The minimum Gasteiger partial charge on any atom is -0.444 e. The Bertz CT molecular complexity index is 1760. The third-order valence-electron chi connectivity index (χ3n) is 7.63. The first kappa shape index (κ1) is 36.7. The predicted octanol–water partition coefficient (Wildman–Crippen LogP) is 8.19. The average Bonchev–Trinajstić information content (AvgIpc) is 3.54. The molecule has 1 fully saturated rings. The van der Waals surface area contributed by atoms with Gasteiger partial charge in [-0.25, -0.2) is 9.78 Å². The largest absolute Gasteiger partial charge is 0.444 e. The van der Waals surface area contributed by atoms with E-state index in [1.54, 1.807) is 51.1 Å². The van der Waals surface area contributed by atoms with Crippen molar-refractivity contribution in [2.45, 2.75) is 62.2 Å². The quantitative estimate of drug-likeness (QED) is 0.133. The number of hydrogen-bond donors (Lipinski definition) is 3. The number of thioether (sulfide) groups is 1. The van der Waals surface area contributed by atoms with E-state index in [1.807, 2.05) is 47.8 Å². The van der Waals surface area contributed by atoms with Crippen LogP contribution in [0.2, 0.25) is 10.0 Å². The van der Waals surface area contributed by atoms with Gasteiger partial charge in [0.05, 0.1) is 21.5 Å². The third kappa shape index (κ3) is 11.2. The first-order chi connectivity index (χ1) is 23.4. The lowest BCUT2D eigenvalue weighted by Gasteiger charge is -2.32. The number of alkyl carbamates (subject to hydrolysis) is 1. The number of rotatable bonds is 11. The second-order valence-corrected chi connectivity index (χ2v) is 15.6. The van der Waals surface area contributed by atoms with Crippen molar-refractivity contribution in [3.8, 4) is 11.3 Å². The summed E-state index contributed by atoms with van der Waals surface area (Å²) in [7, 11) is 0. The zero-order chi connectivity index (χ0) is 35.0. The van der Waals surface area contributed by atoms with Gasteiger partial charge in [-0.05, 0) is 69.0 Å². The third-order valence-corrected chi connectivity index (χ3v) is 10.4. The number of amides is 3. The van der Waals surface area contributed by atoms with Crippen LogP contribution in [-0.4, -0.2) is 58.3 Å². The van der Waals surface area contributed by atoms with Crippen LogP contribution in [-0.2, 0) is 20.9 Å². The molecule has 3 aromatic carbocycles. The summed E-state index contributed by atoms with van der Waals surface area (Å²) in [6, 6.07) is 21.3. The molecule has 0 unspecified atom stereocenters. The maximum absolute atomic E-state index is 13.4. The number of carbonyl (C=O) groups excluding carboxylic acids is 3. The molecule has 1 aromatic heterocycles. The van der Waals surface area contributed by atoms with Crippen LogP contribution in [0, 0.1) is 0 Å². The van der Waals surface area contributed by atoms with Crippen LogP contribution in [0.15, 0.2) is 82.5 Å². The van der Waals surface area contributed by atoms with E-state index < -0.39 is 23.6 Å². The van der Waals surface area contributed by atoms with Crippen molar-refractivity contribution in [3.63, 3.8) is 0 Å². The van der Waals surface area contributed by atoms with E-state index in [4.69, 9.17) is 32.9 Å². The highest BCUT2D eigenvalue weighted by Gasteiger charge is 2.26. The van der Waals surface area contributed by atoms with Crippen molar-refractivity contribution in [1.82, 2.24) is 20.5 Å². The van der Waals surface area contributed by atoms with Gasteiger partial charge < -0.3 is 20.7 Å². The Hall–Kier alpha value is -3.61. The van der Waals surface area contributed by atoms with Crippen LogP contribution in [0.5, 0.6) is 0 Å². The molecule has 3 amide bonds. The summed E-state index contributed by atoms with van der Waals surface area (Å²) in [5, 5.41) is 11.8. The highest BCUT2D eigenvalue weighted by molar-refractivity contribution is 8.01. The number of thiazole rings is 1. The molecule has 1 aliphatic rings. The molecule has 13 heteroatoms. The molecule has 1 aliphatic heterocycles. The SMILES string of the molecule is CC(C)(C)OC(=O)N[C@H](C(=O)Nc1cccc(-c2csc(SCC(=O)NC3CCN(Cc4ccc(Cl)c(Cl)c4)CC3)n2)c1)c1ccccc1. The summed E-state index contributed by atoms with van der Waals surface area (Å²) in [6.07, 6.45) is 1.08. The van der Waals surface area contributed by atoms with E-state index in [0.29, 0.717) is 21.3 Å². The van der Waals surface area contributed by atoms with Gasteiger partial charge in [0.25, 0.3) is 5.91 Å². The van der Waals surface area contributed by atoms with Gasteiger partial charge in [0.1, 0.15) is 11.6 Å². The standard InChI is InChI=1S/C36H39Cl2N5O4S2/c1-36(2,3)47-34(46)42-32(24-8-5-4-6-9-24)33(45)40-27-11-7-10-25(19-27)30-21-48-35(41-30)49-22-31(44)39-26-14-16-43(17-15-26)20-23-12-13-28(37)29(38)18-23/h4-13,18-19,21,26,32H,14-17,20,22H2,1-3H3,(H,39,44)(H,40,45)(H,42,46)/t32-/m0/s1. The number of likely N-dealkylation sites (tertiary alicyclic amines) is 1. The number of nitrogens with zero attached hydrogens (tertiary/aromatic N) is 2. The Morgan fingerprint density at radius 2 is 1.76 bits per heavy atom. The minimum absolute atomic E-state index is 0.0117. The van der Waals surface area contributed by atoms with Crippen LogP contribution in [0.4, 0.5) is 10.5 Å². The zero-order valence-corrected chi connectivity index (χ0v) is 30.6. The normalized spacial score (nSPS) is 14.6. The molecule has 1 saturated heterocycles. The molecule has 0 radical (unpaired) electrons. The van der Waals surface area contributed by atoms with Crippen molar-refractivity contribution in [2.24, 2.45) is 0 Å². The van der Waals surface area contributed by atoms with Gasteiger partial charge in [0.2, 0.25) is 5.91 Å². The van der Waals surface area contributed by atoms with Gasteiger partial charge in [-0.1, -0.05) is 83.5 Å². The second-order valence-electron chi connectivity index (χ2n) is 12.7.